The van der Waals surface area contributed by atoms with Crippen molar-refractivity contribution in [3.63, 3.8) is 0 Å². The van der Waals surface area contributed by atoms with Gasteiger partial charge in [0.15, 0.2) is 11.8 Å². The van der Waals surface area contributed by atoms with Crippen LogP contribution in [0.2, 0.25) is 0 Å². The lowest BCUT2D eigenvalue weighted by atomic mass is 10.4. The predicted molar refractivity (Wildman–Crippen MR) is 46.4 cm³/mol. The molecule has 0 aliphatic rings. The molecule has 0 radical (unpaired) electrons. The third-order valence-corrected chi connectivity index (χ3v) is 1.82. The molecule has 0 atom stereocenters. The molecule has 0 saturated heterocycles. The zero-order chi connectivity index (χ0) is 9.14. The SMILES string of the molecule is CNCCn1c(O)cc(C)c1O. The topological polar surface area (TPSA) is 57.4 Å². The van der Waals surface area contributed by atoms with Crippen molar-refractivity contribution in [1.29, 1.82) is 0 Å². The minimum Gasteiger partial charge on any atom is -0.494 e. The maximum absolute atomic E-state index is 9.42. The quantitative estimate of drug-likeness (QED) is 0.616. The highest BCUT2D eigenvalue weighted by Gasteiger charge is 2.08. The Labute approximate surface area is 71.4 Å². The molecule has 4 heteroatoms. The minimum absolute atomic E-state index is 0.111. The summed E-state index contributed by atoms with van der Waals surface area (Å²) in [6.45, 7) is 3.04. The molecule has 0 fully saturated rings. The maximum Gasteiger partial charge on any atom is 0.196 e. The molecule has 0 unspecified atom stereocenters. The van der Waals surface area contributed by atoms with Crippen LogP contribution in [0.15, 0.2) is 6.07 Å². The van der Waals surface area contributed by atoms with Crippen LogP contribution in [0, 0.1) is 6.92 Å². The lowest BCUT2D eigenvalue weighted by Gasteiger charge is -2.05. The Kier molecular flexibility index (Phi) is 2.60. The second kappa shape index (κ2) is 3.49. The third kappa shape index (κ3) is 1.53. The van der Waals surface area contributed by atoms with Gasteiger partial charge in [0.25, 0.3) is 0 Å². The molecule has 0 saturated carbocycles. The van der Waals surface area contributed by atoms with Crippen molar-refractivity contribution in [2.75, 3.05) is 13.6 Å². The van der Waals surface area contributed by atoms with Crippen molar-refractivity contribution >= 4 is 0 Å². The van der Waals surface area contributed by atoms with Gasteiger partial charge in [-0.05, 0) is 14.0 Å². The molecule has 0 aliphatic heterocycles. The first-order chi connectivity index (χ1) is 5.66. The molecule has 68 valence electrons. The fourth-order valence-electron chi connectivity index (χ4n) is 1.10. The summed E-state index contributed by atoms with van der Waals surface area (Å²) >= 11 is 0. The van der Waals surface area contributed by atoms with E-state index in [-0.39, 0.29) is 11.8 Å². The van der Waals surface area contributed by atoms with E-state index in [1.807, 2.05) is 7.05 Å². The summed E-state index contributed by atoms with van der Waals surface area (Å²) in [5.41, 5.74) is 0.698. The van der Waals surface area contributed by atoms with E-state index in [2.05, 4.69) is 5.32 Å². The number of nitrogens with one attached hydrogen (secondary N) is 1. The smallest absolute Gasteiger partial charge is 0.196 e. The van der Waals surface area contributed by atoms with Crippen LogP contribution in [0.5, 0.6) is 11.8 Å². The van der Waals surface area contributed by atoms with E-state index in [0.717, 1.165) is 6.54 Å². The van der Waals surface area contributed by atoms with E-state index in [9.17, 15) is 10.2 Å². The standard InChI is InChI=1S/C8H14N2O2/c1-6-5-7(11)10(8(6)12)4-3-9-2/h5,9,11-12H,3-4H2,1-2H3. The molecule has 0 aliphatic carbocycles. The lowest BCUT2D eigenvalue weighted by Crippen LogP contribution is -2.14. The van der Waals surface area contributed by atoms with Crippen molar-refractivity contribution in [3.8, 4) is 11.8 Å². The van der Waals surface area contributed by atoms with Crippen molar-refractivity contribution in [2.45, 2.75) is 13.5 Å². The van der Waals surface area contributed by atoms with Crippen LogP contribution in [0.25, 0.3) is 0 Å². The summed E-state index contributed by atoms with van der Waals surface area (Å²) < 4.78 is 1.46. The van der Waals surface area contributed by atoms with Gasteiger partial charge in [-0.25, -0.2) is 0 Å². The van der Waals surface area contributed by atoms with Crippen LogP contribution in [-0.2, 0) is 6.54 Å². The van der Waals surface area contributed by atoms with Gasteiger partial charge in [0.05, 0.1) is 0 Å². The maximum atomic E-state index is 9.42. The molecule has 0 aromatic carbocycles. The molecular weight excluding hydrogens is 156 g/mol. The number of aromatic hydroxyl groups is 2. The van der Waals surface area contributed by atoms with Crippen molar-refractivity contribution < 1.29 is 10.2 Å². The number of rotatable bonds is 3. The summed E-state index contributed by atoms with van der Waals surface area (Å²) in [7, 11) is 1.82. The molecule has 1 aromatic rings. The third-order valence-electron chi connectivity index (χ3n) is 1.82. The highest BCUT2D eigenvalue weighted by Crippen LogP contribution is 2.25. The number of hydrogen-bond acceptors (Lipinski definition) is 3. The fourth-order valence-corrected chi connectivity index (χ4v) is 1.10. The molecule has 4 nitrogen and oxygen atoms in total. The second-order valence-corrected chi connectivity index (χ2v) is 2.76. The minimum atomic E-state index is 0.111. The first-order valence-corrected chi connectivity index (χ1v) is 3.89. The van der Waals surface area contributed by atoms with Gasteiger partial charge in [-0.3, -0.25) is 4.57 Å². The van der Waals surface area contributed by atoms with E-state index in [1.165, 1.54) is 4.57 Å². The van der Waals surface area contributed by atoms with Gasteiger partial charge in [-0.15, -0.1) is 0 Å². The van der Waals surface area contributed by atoms with Crippen molar-refractivity contribution in [2.24, 2.45) is 0 Å². The molecule has 0 amide bonds. The summed E-state index contributed by atoms with van der Waals surface area (Å²) in [4.78, 5) is 0. The number of aryl methyl sites for hydroxylation is 1. The average Bonchev–Trinajstić information content (AvgIpc) is 2.25. The highest BCUT2D eigenvalue weighted by molar-refractivity contribution is 5.33. The molecule has 12 heavy (non-hydrogen) atoms. The second-order valence-electron chi connectivity index (χ2n) is 2.76. The normalized spacial score (nSPS) is 10.5. The van der Waals surface area contributed by atoms with Gasteiger partial charge in [0.1, 0.15) is 0 Å². The predicted octanol–water partition coefficient (Wildman–Crippen LogP) is 0.427. The molecule has 1 aromatic heterocycles. The van der Waals surface area contributed by atoms with Gasteiger partial charge in [0.2, 0.25) is 0 Å². The molecule has 3 N–H and O–H groups in total. The Bertz CT molecular complexity index is 268. The van der Waals surface area contributed by atoms with Gasteiger partial charge < -0.3 is 15.5 Å². The summed E-state index contributed by atoms with van der Waals surface area (Å²) in [5.74, 6) is 0.253. The van der Waals surface area contributed by atoms with E-state index in [1.54, 1.807) is 13.0 Å². The van der Waals surface area contributed by atoms with E-state index in [0.29, 0.717) is 12.1 Å². The molecule has 1 heterocycles. The van der Waals surface area contributed by atoms with Gasteiger partial charge in [-0.1, -0.05) is 0 Å². The summed E-state index contributed by atoms with van der Waals surface area (Å²) in [6.07, 6.45) is 0. The van der Waals surface area contributed by atoms with E-state index < -0.39 is 0 Å². The van der Waals surface area contributed by atoms with Crippen molar-refractivity contribution in [1.82, 2.24) is 9.88 Å². The van der Waals surface area contributed by atoms with Crippen LogP contribution in [0.3, 0.4) is 0 Å². The van der Waals surface area contributed by atoms with Gasteiger partial charge >= 0.3 is 0 Å². The Morgan fingerprint density at radius 2 is 2.17 bits per heavy atom. The Balaban J connectivity index is 2.82. The number of nitrogens with zero attached hydrogens (tertiary/aromatic N) is 1. The van der Waals surface area contributed by atoms with Crippen LogP contribution in [-0.4, -0.2) is 28.4 Å². The first-order valence-electron chi connectivity index (χ1n) is 3.89. The Morgan fingerprint density at radius 3 is 2.58 bits per heavy atom. The highest BCUT2D eigenvalue weighted by atomic mass is 16.3. The monoisotopic (exact) mass is 170 g/mol. The lowest BCUT2D eigenvalue weighted by molar-refractivity contribution is 0.365. The molecular formula is C8H14N2O2. The van der Waals surface area contributed by atoms with Crippen LogP contribution >= 0.6 is 0 Å². The van der Waals surface area contributed by atoms with E-state index in [4.69, 9.17) is 0 Å². The van der Waals surface area contributed by atoms with Crippen LogP contribution in [0.1, 0.15) is 5.56 Å². The Morgan fingerprint density at radius 1 is 1.50 bits per heavy atom. The molecule has 0 bridgehead atoms. The zero-order valence-electron chi connectivity index (χ0n) is 7.33. The first kappa shape index (κ1) is 8.93. The van der Waals surface area contributed by atoms with E-state index >= 15 is 0 Å². The molecule has 1 rings (SSSR count). The summed E-state index contributed by atoms with van der Waals surface area (Å²) in [5, 5.41) is 21.7. The van der Waals surface area contributed by atoms with Gasteiger partial charge in [0, 0.05) is 24.7 Å². The largest absolute Gasteiger partial charge is 0.494 e. The zero-order valence-corrected chi connectivity index (χ0v) is 7.33. The van der Waals surface area contributed by atoms with Crippen LogP contribution < -0.4 is 5.32 Å². The average molecular weight is 170 g/mol. The van der Waals surface area contributed by atoms with Crippen LogP contribution in [0.4, 0.5) is 0 Å². The van der Waals surface area contributed by atoms with Crippen molar-refractivity contribution in [3.05, 3.63) is 11.6 Å². The molecule has 0 spiro atoms. The van der Waals surface area contributed by atoms with Gasteiger partial charge in [-0.2, -0.15) is 0 Å². The number of hydrogen-bond donors (Lipinski definition) is 3. The fraction of sp³-hybridized carbons (Fsp3) is 0.500. The summed E-state index contributed by atoms with van der Waals surface area (Å²) in [6, 6.07) is 1.55. The number of aromatic nitrogens is 1. The number of likely N-dealkylation sites (N-methyl/N-ethyl adjacent to an activating group) is 1. The Hall–Kier alpha value is -1.16.